The first-order chi connectivity index (χ1) is 11.1. The molecular formula is C18H31IN4O. The molecule has 0 aromatic heterocycles. The number of benzene rings is 1. The van der Waals surface area contributed by atoms with Gasteiger partial charge in [0, 0.05) is 25.4 Å². The number of halogens is 1. The lowest BCUT2D eigenvalue weighted by molar-refractivity contribution is 0.143. The molecule has 1 aliphatic heterocycles. The van der Waals surface area contributed by atoms with Crippen LogP contribution in [0, 0.1) is 0 Å². The molecule has 0 bridgehead atoms. The van der Waals surface area contributed by atoms with Gasteiger partial charge in [-0.05, 0) is 43.0 Å². The number of guanidine groups is 1. The summed E-state index contributed by atoms with van der Waals surface area (Å²) in [5.74, 6) is 0.993. The Balaban J connectivity index is 0.00000288. The van der Waals surface area contributed by atoms with Crippen molar-refractivity contribution in [2.75, 3.05) is 38.7 Å². The summed E-state index contributed by atoms with van der Waals surface area (Å²) in [6.07, 6.45) is 2.41. The molecule has 24 heavy (non-hydrogen) atoms. The van der Waals surface area contributed by atoms with Crippen LogP contribution in [0.2, 0.25) is 0 Å². The molecule has 0 saturated carbocycles. The average Bonchev–Trinajstić information content (AvgIpc) is 2.98. The summed E-state index contributed by atoms with van der Waals surface area (Å²) < 4.78 is 5.17. The van der Waals surface area contributed by atoms with Gasteiger partial charge < -0.3 is 15.8 Å². The molecule has 1 aliphatic rings. The zero-order valence-corrected chi connectivity index (χ0v) is 17.3. The van der Waals surface area contributed by atoms with Crippen LogP contribution in [0.15, 0.2) is 29.3 Å². The molecule has 1 fully saturated rings. The van der Waals surface area contributed by atoms with Crippen LogP contribution in [0.25, 0.3) is 0 Å². The number of anilines is 1. The number of rotatable bonds is 7. The molecule has 1 unspecified atom stereocenters. The molecular weight excluding hydrogens is 415 g/mol. The van der Waals surface area contributed by atoms with Gasteiger partial charge in [-0.15, -0.1) is 24.0 Å². The molecule has 1 aromatic rings. The van der Waals surface area contributed by atoms with Crippen molar-refractivity contribution in [3.8, 4) is 0 Å². The summed E-state index contributed by atoms with van der Waals surface area (Å²) >= 11 is 0. The molecule has 5 nitrogen and oxygen atoms in total. The highest BCUT2D eigenvalue weighted by Gasteiger charge is 2.23. The van der Waals surface area contributed by atoms with Gasteiger partial charge in [0.1, 0.15) is 0 Å². The minimum Gasteiger partial charge on any atom is -0.383 e. The average molecular weight is 446 g/mol. The van der Waals surface area contributed by atoms with Crippen molar-refractivity contribution in [3.05, 3.63) is 29.8 Å². The molecule has 0 amide bonds. The predicted molar refractivity (Wildman–Crippen MR) is 113 cm³/mol. The lowest BCUT2D eigenvalue weighted by Crippen LogP contribution is -2.35. The Hall–Kier alpha value is -0.860. The molecule has 136 valence electrons. The van der Waals surface area contributed by atoms with Crippen molar-refractivity contribution in [1.29, 1.82) is 0 Å². The molecule has 1 heterocycles. The summed E-state index contributed by atoms with van der Waals surface area (Å²) in [5, 5.41) is 3.20. The second-order valence-corrected chi connectivity index (χ2v) is 6.46. The van der Waals surface area contributed by atoms with Gasteiger partial charge in [-0.25, -0.2) is 0 Å². The van der Waals surface area contributed by atoms with Crippen molar-refractivity contribution in [1.82, 2.24) is 4.90 Å². The number of hydrogen-bond donors (Lipinski definition) is 2. The zero-order chi connectivity index (χ0) is 16.7. The van der Waals surface area contributed by atoms with Gasteiger partial charge in [0.05, 0.1) is 13.2 Å². The Bertz CT molecular complexity index is 521. The monoisotopic (exact) mass is 446 g/mol. The summed E-state index contributed by atoms with van der Waals surface area (Å²) in [7, 11) is 1.75. The van der Waals surface area contributed by atoms with E-state index in [4.69, 9.17) is 10.5 Å². The number of aliphatic imine (C=N–C) groups is 1. The summed E-state index contributed by atoms with van der Waals surface area (Å²) in [6, 6.07) is 8.82. The fourth-order valence-corrected chi connectivity index (χ4v) is 2.97. The van der Waals surface area contributed by atoms with Crippen LogP contribution in [-0.2, 0) is 4.74 Å². The first-order valence-electron chi connectivity index (χ1n) is 8.50. The Morgan fingerprint density at radius 3 is 2.96 bits per heavy atom. The van der Waals surface area contributed by atoms with E-state index in [-0.39, 0.29) is 24.0 Å². The lowest BCUT2D eigenvalue weighted by atomic mass is 10.0. The van der Waals surface area contributed by atoms with Crippen molar-refractivity contribution in [2.24, 2.45) is 10.7 Å². The van der Waals surface area contributed by atoms with Crippen LogP contribution in [-0.4, -0.2) is 50.3 Å². The number of nitrogens with one attached hydrogen (secondary N) is 1. The highest BCUT2D eigenvalue weighted by atomic mass is 127. The Labute approximate surface area is 163 Å². The van der Waals surface area contributed by atoms with Crippen molar-refractivity contribution in [2.45, 2.75) is 38.6 Å². The largest absolute Gasteiger partial charge is 0.383 e. The lowest BCUT2D eigenvalue weighted by Gasteiger charge is -2.22. The Morgan fingerprint density at radius 1 is 1.46 bits per heavy atom. The molecule has 1 aromatic carbocycles. The summed E-state index contributed by atoms with van der Waals surface area (Å²) in [4.78, 5) is 6.98. The first-order valence-corrected chi connectivity index (χ1v) is 8.50. The number of ether oxygens (including phenoxy) is 1. The van der Waals surface area contributed by atoms with E-state index in [1.807, 2.05) is 12.1 Å². The highest BCUT2D eigenvalue weighted by Crippen LogP contribution is 2.19. The van der Waals surface area contributed by atoms with Crippen LogP contribution >= 0.6 is 24.0 Å². The van der Waals surface area contributed by atoms with Crippen LogP contribution in [0.5, 0.6) is 0 Å². The van der Waals surface area contributed by atoms with Crippen molar-refractivity contribution >= 4 is 35.6 Å². The number of methoxy groups -OCH3 is 1. The minimum absolute atomic E-state index is 0. The summed E-state index contributed by atoms with van der Waals surface area (Å²) in [6.45, 7) is 7.99. The van der Waals surface area contributed by atoms with E-state index >= 15 is 0 Å². The van der Waals surface area contributed by atoms with E-state index < -0.39 is 0 Å². The van der Waals surface area contributed by atoms with Gasteiger partial charge >= 0.3 is 0 Å². The molecule has 0 aliphatic carbocycles. The fourth-order valence-electron chi connectivity index (χ4n) is 2.97. The third-order valence-electron chi connectivity index (χ3n) is 4.38. The molecule has 3 N–H and O–H groups in total. The number of hydrogen-bond acceptors (Lipinski definition) is 3. The topological polar surface area (TPSA) is 62.9 Å². The Kier molecular flexibility index (Phi) is 9.61. The number of nitrogens with two attached hydrogens (primary N) is 1. The number of likely N-dealkylation sites (tertiary alicyclic amines) is 1. The van der Waals surface area contributed by atoms with Crippen molar-refractivity contribution < 1.29 is 4.74 Å². The van der Waals surface area contributed by atoms with Crippen LogP contribution in [0.4, 0.5) is 5.69 Å². The SMILES string of the molecule is COCCN1CCCC1CN=C(N)Nc1cccc(C(C)C)c1.I. The predicted octanol–water partition coefficient (Wildman–Crippen LogP) is 3.27. The normalized spacial score (nSPS) is 18.7. The van der Waals surface area contributed by atoms with E-state index in [9.17, 15) is 0 Å². The second kappa shape index (κ2) is 10.9. The van der Waals surface area contributed by atoms with Crippen molar-refractivity contribution in [3.63, 3.8) is 0 Å². The number of nitrogens with zero attached hydrogens (tertiary/aromatic N) is 2. The Morgan fingerprint density at radius 2 is 2.25 bits per heavy atom. The molecule has 2 rings (SSSR count). The second-order valence-electron chi connectivity index (χ2n) is 6.46. The quantitative estimate of drug-likeness (QED) is 0.384. The molecule has 0 spiro atoms. The van der Waals surface area contributed by atoms with Gasteiger partial charge in [-0.2, -0.15) is 0 Å². The van der Waals surface area contributed by atoms with E-state index in [2.05, 4.69) is 41.2 Å². The van der Waals surface area contributed by atoms with Gasteiger partial charge in [-0.3, -0.25) is 9.89 Å². The van der Waals surface area contributed by atoms with Crippen LogP contribution in [0.3, 0.4) is 0 Å². The van der Waals surface area contributed by atoms with E-state index in [1.165, 1.54) is 18.4 Å². The first kappa shape index (κ1) is 21.2. The van der Waals surface area contributed by atoms with Gasteiger partial charge in [-0.1, -0.05) is 26.0 Å². The molecule has 1 saturated heterocycles. The maximum atomic E-state index is 6.05. The smallest absolute Gasteiger partial charge is 0.193 e. The molecule has 6 heteroatoms. The highest BCUT2D eigenvalue weighted by molar-refractivity contribution is 14.0. The third kappa shape index (κ3) is 6.57. The van der Waals surface area contributed by atoms with Gasteiger partial charge in [0.15, 0.2) is 5.96 Å². The standard InChI is InChI=1S/C18H30N4O.HI/c1-14(2)15-6-4-7-16(12-15)21-18(19)20-13-17-8-5-9-22(17)10-11-23-3;/h4,6-7,12,14,17H,5,8-11,13H2,1-3H3,(H3,19,20,21);1H. The van der Waals surface area contributed by atoms with E-state index in [0.717, 1.165) is 31.9 Å². The zero-order valence-electron chi connectivity index (χ0n) is 15.0. The van der Waals surface area contributed by atoms with Gasteiger partial charge in [0.2, 0.25) is 0 Å². The third-order valence-corrected chi connectivity index (χ3v) is 4.38. The van der Waals surface area contributed by atoms with Crippen LogP contribution < -0.4 is 11.1 Å². The minimum atomic E-state index is 0. The molecule has 1 atom stereocenters. The fraction of sp³-hybridized carbons (Fsp3) is 0.611. The maximum absolute atomic E-state index is 6.05. The van der Waals surface area contributed by atoms with Crippen LogP contribution in [0.1, 0.15) is 38.2 Å². The molecule has 0 radical (unpaired) electrons. The van der Waals surface area contributed by atoms with Gasteiger partial charge in [0.25, 0.3) is 0 Å². The maximum Gasteiger partial charge on any atom is 0.193 e. The van der Waals surface area contributed by atoms with E-state index in [0.29, 0.717) is 17.9 Å². The van der Waals surface area contributed by atoms with E-state index in [1.54, 1.807) is 7.11 Å². The summed E-state index contributed by atoms with van der Waals surface area (Å²) in [5.41, 5.74) is 8.35.